The summed E-state index contributed by atoms with van der Waals surface area (Å²) < 4.78 is 0. The third-order valence-electron chi connectivity index (χ3n) is 7.52. The molecule has 1 nitrogen and oxygen atoms in total. The average molecular weight is 419 g/mol. The number of carbonyl (C=O) groups is 1. The Morgan fingerprint density at radius 1 is 0.643 bits per heavy atom. The lowest BCUT2D eigenvalue weighted by Gasteiger charge is -2.45. The molecule has 4 atom stereocenters. The highest BCUT2D eigenvalue weighted by Crippen LogP contribution is 2.50. The Morgan fingerprint density at radius 3 is 1.43 bits per heavy atom. The van der Waals surface area contributed by atoms with E-state index in [9.17, 15) is 4.79 Å². The molecule has 4 aliphatic carbocycles. The minimum absolute atomic E-state index is 0.0179. The average Bonchev–Trinajstić information content (AvgIpc) is 2.75. The van der Waals surface area contributed by atoms with E-state index in [0.717, 1.165) is 25.7 Å². The first-order chi connectivity index (χ1) is 13.6. The van der Waals surface area contributed by atoms with E-state index in [4.69, 9.17) is 23.2 Å². The zero-order valence-corrected chi connectivity index (χ0v) is 18.2. The van der Waals surface area contributed by atoms with Crippen molar-refractivity contribution in [3.63, 3.8) is 0 Å². The molecule has 0 aromatic rings. The molecule has 0 bridgehead atoms. The van der Waals surface area contributed by atoms with E-state index in [1.54, 1.807) is 0 Å². The minimum atomic E-state index is -1.04. The van der Waals surface area contributed by atoms with Crippen LogP contribution in [0.3, 0.4) is 0 Å². The first kappa shape index (κ1) is 20.5. The number of Topliss-reactive ketones (excluding diaryl/α,β-unsaturated/α-hetero) is 1. The van der Waals surface area contributed by atoms with Gasteiger partial charge in [0.25, 0.3) is 0 Å². The van der Waals surface area contributed by atoms with Crippen LogP contribution in [0.25, 0.3) is 0 Å². The van der Waals surface area contributed by atoms with Crippen LogP contribution in [0.4, 0.5) is 0 Å². The Kier molecular flexibility index (Phi) is 6.23. The lowest BCUT2D eigenvalue weighted by atomic mass is 9.64. The van der Waals surface area contributed by atoms with Gasteiger partial charge in [-0.3, -0.25) is 4.79 Å². The fraction of sp³-hybridized carbons (Fsp3) is 0.640. The first-order valence-electron chi connectivity index (χ1n) is 11.2. The molecule has 28 heavy (non-hydrogen) atoms. The number of alkyl halides is 2. The molecule has 0 amide bonds. The number of hydrogen-bond donors (Lipinski definition) is 0. The molecule has 0 aromatic carbocycles. The van der Waals surface area contributed by atoms with E-state index in [1.807, 2.05) is 24.3 Å². The summed E-state index contributed by atoms with van der Waals surface area (Å²) in [5, 5.41) is 0. The van der Waals surface area contributed by atoms with Crippen molar-refractivity contribution in [3.8, 4) is 0 Å². The van der Waals surface area contributed by atoms with Crippen molar-refractivity contribution >= 4 is 29.0 Å². The lowest BCUT2D eigenvalue weighted by Crippen LogP contribution is -2.55. The lowest BCUT2D eigenvalue weighted by molar-refractivity contribution is -0.124. The monoisotopic (exact) mass is 418 g/mol. The van der Waals surface area contributed by atoms with Crippen molar-refractivity contribution in [2.45, 2.75) is 74.0 Å². The molecule has 0 saturated heterocycles. The summed E-state index contributed by atoms with van der Waals surface area (Å²) in [6.07, 6.45) is 28.3. The fourth-order valence-electron chi connectivity index (χ4n) is 6.00. The van der Waals surface area contributed by atoms with Gasteiger partial charge in [-0.25, -0.2) is 0 Å². The minimum Gasteiger partial charge on any atom is -0.295 e. The summed E-state index contributed by atoms with van der Waals surface area (Å²) in [6, 6.07) is 0. The Bertz CT molecular complexity index is 635. The zero-order valence-electron chi connectivity index (χ0n) is 16.7. The largest absolute Gasteiger partial charge is 0.295 e. The molecule has 0 radical (unpaired) electrons. The van der Waals surface area contributed by atoms with E-state index in [2.05, 4.69) is 24.3 Å². The summed E-state index contributed by atoms with van der Waals surface area (Å²) in [4.78, 5) is 12.0. The molecule has 2 fully saturated rings. The van der Waals surface area contributed by atoms with Crippen LogP contribution in [0, 0.1) is 23.7 Å². The van der Waals surface area contributed by atoms with Crippen LogP contribution in [-0.2, 0) is 4.79 Å². The molecule has 4 rings (SSSR count). The van der Waals surface area contributed by atoms with E-state index in [1.165, 1.54) is 38.5 Å². The van der Waals surface area contributed by atoms with Gasteiger partial charge in [0.1, 0.15) is 9.75 Å². The second-order valence-corrected chi connectivity index (χ2v) is 10.5. The van der Waals surface area contributed by atoms with Crippen LogP contribution >= 0.6 is 23.2 Å². The van der Waals surface area contributed by atoms with Crippen molar-refractivity contribution in [1.29, 1.82) is 0 Å². The maximum atomic E-state index is 14.1. The SMILES string of the molecule is O=C(C1(Cl)C=CC=CC1C1CCCCC1)C1(Cl)C=CC=CC1C1CCCCC1. The number of ketones is 1. The number of carbonyl (C=O) groups excluding carboxylic acids is 1. The second-order valence-electron chi connectivity index (χ2n) is 9.20. The Hall–Kier alpha value is -0.790. The van der Waals surface area contributed by atoms with Gasteiger partial charge in [-0.15, -0.1) is 23.2 Å². The van der Waals surface area contributed by atoms with Crippen molar-refractivity contribution in [2.75, 3.05) is 0 Å². The Balaban J connectivity index is 1.64. The predicted octanol–water partition coefficient (Wildman–Crippen LogP) is 7.16. The highest BCUT2D eigenvalue weighted by Gasteiger charge is 2.55. The topological polar surface area (TPSA) is 17.1 Å². The number of rotatable bonds is 4. The molecule has 4 unspecified atom stereocenters. The van der Waals surface area contributed by atoms with Gasteiger partial charge in [-0.1, -0.05) is 87.1 Å². The van der Waals surface area contributed by atoms with Gasteiger partial charge >= 0.3 is 0 Å². The van der Waals surface area contributed by atoms with E-state index in [-0.39, 0.29) is 17.6 Å². The van der Waals surface area contributed by atoms with Gasteiger partial charge in [0.15, 0.2) is 5.78 Å². The van der Waals surface area contributed by atoms with Gasteiger partial charge in [0, 0.05) is 11.8 Å². The molecule has 3 heteroatoms. The quantitative estimate of drug-likeness (QED) is 0.442. The molecule has 0 N–H and O–H groups in total. The van der Waals surface area contributed by atoms with E-state index in [0.29, 0.717) is 11.8 Å². The molecule has 0 aliphatic heterocycles. The number of halogens is 2. The van der Waals surface area contributed by atoms with Crippen molar-refractivity contribution in [2.24, 2.45) is 23.7 Å². The third kappa shape index (κ3) is 3.70. The van der Waals surface area contributed by atoms with Crippen LogP contribution in [0.2, 0.25) is 0 Å². The van der Waals surface area contributed by atoms with E-state index < -0.39 is 9.75 Å². The normalized spacial score (nSPS) is 39.4. The van der Waals surface area contributed by atoms with Gasteiger partial charge in [0.2, 0.25) is 0 Å². The second kappa shape index (κ2) is 8.52. The molecular weight excluding hydrogens is 387 g/mol. The molecule has 0 spiro atoms. The van der Waals surface area contributed by atoms with Gasteiger partial charge < -0.3 is 0 Å². The smallest absolute Gasteiger partial charge is 0.183 e. The zero-order chi connectivity index (χ0) is 19.6. The summed E-state index contributed by atoms with van der Waals surface area (Å²) in [5.41, 5.74) is 0. The maximum absolute atomic E-state index is 14.1. The molecule has 0 heterocycles. The van der Waals surface area contributed by atoms with Gasteiger partial charge in [-0.05, 0) is 37.5 Å². The van der Waals surface area contributed by atoms with Crippen molar-refractivity contribution in [3.05, 3.63) is 48.6 Å². The summed E-state index contributed by atoms with van der Waals surface area (Å²) >= 11 is 14.4. The molecule has 4 aliphatic rings. The highest BCUT2D eigenvalue weighted by molar-refractivity contribution is 6.47. The van der Waals surface area contributed by atoms with Crippen LogP contribution in [0.15, 0.2) is 48.6 Å². The molecule has 0 aromatic heterocycles. The van der Waals surface area contributed by atoms with Gasteiger partial charge in [0.05, 0.1) is 0 Å². The highest BCUT2D eigenvalue weighted by atomic mass is 35.5. The van der Waals surface area contributed by atoms with Crippen LogP contribution < -0.4 is 0 Å². The first-order valence-corrected chi connectivity index (χ1v) is 12.0. The summed E-state index contributed by atoms with van der Waals surface area (Å²) in [6.45, 7) is 0. The maximum Gasteiger partial charge on any atom is 0.183 e. The molecule has 152 valence electrons. The van der Waals surface area contributed by atoms with E-state index >= 15 is 0 Å². The van der Waals surface area contributed by atoms with Crippen LogP contribution in [0.5, 0.6) is 0 Å². The molecule has 2 saturated carbocycles. The van der Waals surface area contributed by atoms with Crippen LogP contribution in [0.1, 0.15) is 64.2 Å². The Labute approximate surface area is 179 Å². The predicted molar refractivity (Wildman–Crippen MR) is 119 cm³/mol. The Morgan fingerprint density at radius 2 is 1.04 bits per heavy atom. The van der Waals surface area contributed by atoms with Crippen molar-refractivity contribution in [1.82, 2.24) is 0 Å². The molecular formula is C25H32Cl2O. The summed E-state index contributed by atoms with van der Waals surface area (Å²) in [5.74, 6) is 0.985. The van der Waals surface area contributed by atoms with Crippen molar-refractivity contribution < 1.29 is 4.79 Å². The standard InChI is InChI=1S/C25H32Cl2O/c26-24(17-9-7-15-21(24)19-11-3-1-4-12-19)23(28)25(27)18-10-8-16-22(25)20-13-5-2-6-14-20/h7-10,15-22H,1-6,11-14H2. The van der Waals surface area contributed by atoms with Gasteiger partial charge in [-0.2, -0.15) is 0 Å². The number of hydrogen-bond acceptors (Lipinski definition) is 1. The summed E-state index contributed by atoms with van der Waals surface area (Å²) in [7, 11) is 0. The third-order valence-corrected chi connectivity index (χ3v) is 8.62. The fourth-order valence-corrected chi connectivity index (χ4v) is 7.00. The van der Waals surface area contributed by atoms with Crippen LogP contribution in [-0.4, -0.2) is 15.5 Å². The number of allylic oxidation sites excluding steroid dienone is 8.